The fourth-order valence-corrected chi connectivity index (χ4v) is 2.68. The highest BCUT2D eigenvalue weighted by molar-refractivity contribution is 5.76. The summed E-state index contributed by atoms with van der Waals surface area (Å²) in [4.78, 5) is 11.5. The van der Waals surface area contributed by atoms with Crippen molar-refractivity contribution in [3.8, 4) is 22.6 Å². The minimum atomic E-state index is 0.419. The summed E-state index contributed by atoms with van der Waals surface area (Å²) in [7, 11) is 0. The van der Waals surface area contributed by atoms with Crippen molar-refractivity contribution in [2.45, 2.75) is 13.8 Å². The van der Waals surface area contributed by atoms with Crippen LogP contribution in [0.15, 0.2) is 72.8 Å². The number of hydrogen-bond acceptors (Lipinski definition) is 2. The quantitative estimate of drug-likeness (QED) is 0.734. The van der Waals surface area contributed by atoms with Gasteiger partial charge in [0, 0.05) is 5.56 Å². The molecule has 3 aromatic rings. The lowest BCUT2D eigenvalue weighted by Gasteiger charge is -2.13. The summed E-state index contributed by atoms with van der Waals surface area (Å²) >= 11 is 0. The maximum absolute atomic E-state index is 11.5. The molecule has 0 heterocycles. The van der Waals surface area contributed by atoms with Gasteiger partial charge in [-0.2, -0.15) is 0 Å². The molecule has 0 amide bonds. The Morgan fingerprint density at radius 1 is 0.833 bits per heavy atom. The van der Waals surface area contributed by atoms with Gasteiger partial charge < -0.3 is 4.74 Å². The summed E-state index contributed by atoms with van der Waals surface area (Å²) in [6, 6.07) is 23.2. The van der Waals surface area contributed by atoms with E-state index >= 15 is 0 Å². The molecule has 0 aliphatic rings. The van der Waals surface area contributed by atoms with E-state index in [1.807, 2.05) is 72.7 Å². The third-order valence-electron chi connectivity index (χ3n) is 3.83. The first-order valence-corrected chi connectivity index (χ1v) is 7.84. The SMILES string of the molecule is CC(C)=c1ccc(=C=O)c(Oc2ccccc2)c1-c1ccccc1. The first-order valence-electron chi connectivity index (χ1n) is 7.84. The minimum Gasteiger partial charge on any atom is -0.455 e. The van der Waals surface area contributed by atoms with E-state index in [-0.39, 0.29) is 0 Å². The van der Waals surface area contributed by atoms with Crippen LogP contribution in [0.1, 0.15) is 13.8 Å². The minimum absolute atomic E-state index is 0.419. The summed E-state index contributed by atoms with van der Waals surface area (Å²) in [5.74, 6) is 3.24. The number of benzene rings is 3. The lowest BCUT2D eigenvalue weighted by Crippen LogP contribution is -2.18. The van der Waals surface area contributed by atoms with Gasteiger partial charge in [-0.25, -0.2) is 4.79 Å². The van der Waals surface area contributed by atoms with Crippen LogP contribution in [0.3, 0.4) is 0 Å². The fourth-order valence-electron chi connectivity index (χ4n) is 2.68. The molecule has 0 saturated carbocycles. The van der Waals surface area contributed by atoms with E-state index < -0.39 is 0 Å². The van der Waals surface area contributed by atoms with Crippen molar-refractivity contribution < 1.29 is 9.53 Å². The largest absolute Gasteiger partial charge is 0.455 e. The second kappa shape index (κ2) is 6.99. The summed E-state index contributed by atoms with van der Waals surface area (Å²) in [5.41, 5.74) is 3.08. The van der Waals surface area contributed by atoms with Crippen molar-refractivity contribution in [1.82, 2.24) is 0 Å². The molecule has 0 aliphatic heterocycles. The Balaban J connectivity index is 2.36. The molecule has 0 bridgehead atoms. The van der Waals surface area contributed by atoms with Crippen LogP contribution in [0.4, 0.5) is 0 Å². The highest BCUT2D eigenvalue weighted by atomic mass is 16.5. The molecule has 0 unspecified atom stereocenters. The van der Waals surface area contributed by atoms with Crippen LogP contribution in [-0.4, -0.2) is 5.94 Å². The van der Waals surface area contributed by atoms with E-state index in [0.717, 1.165) is 21.9 Å². The van der Waals surface area contributed by atoms with Crippen molar-refractivity contribution >= 4 is 11.5 Å². The molecule has 118 valence electrons. The average molecular weight is 314 g/mol. The molecule has 2 nitrogen and oxygen atoms in total. The number of para-hydroxylation sites is 1. The monoisotopic (exact) mass is 314 g/mol. The predicted molar refractivity (Wildman–Crippen MR) is 97.2 cm³/mol. The van der Waals surface area contributed by atoms with Gasteiger partial charge in [0.15, 0.2) is 5.75 Å². The number of rotatable bonds is 3. The Kier molecular flexibility index (Phi) is 4.60. The zero-order chi connectivity index (χ0) is 16.9. The molecule has 0 aromatic heterocycles. The van der Waals surface area contributed by atoms with Gasteiger partial charge in [-0.05, 0) is 42.8 Å². The summed E-state index contributed by atoms with van der Waals surface area (Å²) in [6.45, 7) is 4.11. The van der Waals surface area contributed by atoms with Crippen LogP contribution < -0.4 is 15.2 Å². The lowest BCUT2D eigenvalue weighted by atomic mass is 9.98. The Labute approximate surface area is 141 Å². The van der Waals surface area contributed by atoms with Crippen molar-refractivity contribution in [1.29, 1.82) is 0 Å². The van der Waals surface area contributed by atoms with Crippen LogP contribution in [-0.2, 0) is 4.79 Å². The summed E-state index contributed by atoms with van der Waals surface area (Å²) in [6.07, 6.45) is 0. The normalized spacial score (nSPS) is 10.1. The third-order valence-corrected chi connectivity index (χ3v) is 3.83. The van der Waals surface area contributed by atoms with Crippen LogP contribution in [0, 0.1) is 0 Å². The molecule has 0 aliphatic carbocycles. The molecular weight excluding hydrogens is 296 g/mol. The molecule has 3 aromatic carbocycles. The van der Waals surface area contributed by atoms with Gasteiger partial charge in [-0.1, -0.05) is 60.2 Å². The second-order valence-electron chi connectivity index (χ2n) is 5.75. The zero-order valence-electron chi connectivity index (χ0n) is 13.7. The van der Waals surface area contributed by atoms with Crippen LogP contribution >= 0.6 is 0 Å². The maximum Gasteiger partial charge on any atom is 0.154 e. The topological polar surface area (TPSA) is 26.3 Å². The van der Waals surface area contributed by atoms with E-state index in [0.29, 0.717) is 16.7 Å². The van der Waals surface area contributed by atoms with E-state index in [2.05, 4.69) is 13.8 Å². The van der Waals surface area contributed by atoms with E-state index in [1.54, 1.807) is 6.07 Å². The van der Waals surface area contributed by atoms with Gasteiger partial charge in [-0.3, -0.25) is 0 Å². The lowest BCUT2D eigenvalue weighted by molar-refractivity contribution is 0.479. The van der Waals surface area contributed by atoms with Gasteiger partial charge in [0.2, 0.25) is 0 Å². The zero-order valence-corrected chi connectivity index (χ0v) is 13.7. The average Bonchev–Trinajstić information content (AvgIpc) is 2.62. The summed E-state index contributed by atoms with van der Waals surface area (Å²) in [5, 5.41) is 1.48. The van der Waals surface area contributed by atoms with Gasteiger partial charge >= 0.3 is 0 Å². The first kappa shape index (κ1) is 15.8. The Hall–Kier alpha value is -3.09. The van der Waals surface area contributed by atoms with E-state index in [9.17, 15) is 4.79 Å². The number of ether oxygens (including phenoxy) is 1. The molecule has 0 atom stereocenters. The highest BCUT2D eigenvalue weighted by Gasteiger charge is 2.12. The molecular formula is C22H18O2. The van der Waals surface area contributed by atoms with Crippen molar-refractivity contribution in [3.05, 3.63) is 83.2 Å². The summed E-state index contributed by atoms with van der Waals surface area (Å²) < 4.78 is 6.10. The van der Waals surface area contributed by atoms with Crippen molar-refractivity contribution in [2.75, 3.05) is 0 Å². The second-order valence-corrected chi connectivity index (χ2v) is 5.75. The van der Waals surface area contributed by atoms with Crippen molar-refractivity contribution in [3.63, 3.8) is 0 Å². The molecule has 0 fully saturated rings. The fraction of sp³-hybridized carbons (Fsp3) is 0.0909. The van der Waals surface area contributed by atoms with Gasteiger partial charge in [-0.15, -0.1) is 0 Å². The molecule has 0 radical (unpaired) electrons. The standard InChI is InChI=1S/C22H18O2/c1-16(2)20-14-13-18(15-23)22(24-19-11-7-4-8-12-19)21(20)17-9-5-3-6-10-17/h3-14H,1-2H3. The van der Waals surface area contributed by atoms with E-state index in [4.69, 9.17) is 4.74 Å². The van der Waals surface area contributed by atoms with Crippen LogP contribution in [0.25, 0.3) is 16.7 Å². The molecule has 0 N–H and O–H groups in total. The first-order chi connectivity index (χ1) is 11.7. The van der Waals surface area contributed by atoms with Gasteiger partial charge in [0.25, 0.3) is 0 Å². The number of carbonyl (C=O) groups excluding carboxylic acids is 1. The predicted octanol–water partition coefficient (Wildman–Crippen LogP) is 3.84. The third kappa shape index (κ3) is 3.15. The Morgan fingerprint density at radius 2 is 1.46 bits per heavy atom. The Morgan fingerprint density at radius 3 is 2.04 bits per heavy atom. The van der Waals surface area contributed by atoms with Crippen LogP contribution in [0.5, 0.6) is 11.5 Å². The maximum atomic E-state index is 11.5. The van der Waals surface area contributed by atoms with Crippen LogP contribution in [0.2, 0.25) is 0 Å². The van der Waals surface area contributed by atoms with Gasteiger partial charge in [0.05, 0.1) is 0 Å². The highest BCUT2D eigenvalue weighted by Crippen LogP contribution is 2.28. The van der Waals surface area contributed by atoms with Gasteiger partial charge in [0.1, 0.15) is 16.9 Å². The molecule has 0 saturated heterocycles. The molecule has 2 heteroatoms. The number of hydrogen-bond donors (Lipinski definition) is 0. The molecule has 3 rings (SSSR count). The Bertz CT molecular complexity index is 979. The van der Waals surface area contributed by atoms with Crippen molar-refractivity contribution in [2.24, 2.45) is 0 Å². The smallest absolute Gasteiger partial charge is 0.154 e. The molecule has 24 heavy (non-hydrogen) atoms. The van der Waals surface area contributed by atoms with E-state index in [1.165, 1.54) is 0 Å². The molecule has 0 spiro atoms.